The van der Waals surface area contributed by atoms with Gasteiger partial charge in [0, 0.05) is 37.6 Å². The molecule has 0 saturated carbocycles. The number of rotatable bonds is 8. The number of benzene rings is 1. The minimum atomic E-state index is -0.230. The van der Waals surface area contributed by atoms with Crippen molar-refractivity contribution < 1.29 is 39.3 Å². The van der Waals surface area contributed by atoms with Crippen molar-refractivity contribution in [3.63, 3.8) is 0 Å². The van der Waals surface area contributed by atoms with E-state index < -0.39 is 0 Å². The molecule has 198 valence electrons. The molecule has 3 heterocycles. The quantitative estimate of drug-likeness (QED) is 0.218. The molecule has 1 aliphatic rings. The molecule has 0 unspecified atom stereocenters. The SMILES string of the molecule is Cc1ccc(C(C)C)cc1.O=C1C=CC(=O)N1CCCCN(c1ccccn1)c1ccccn1.[Cl-].[Cl][Ru+]. The fraction of sp³-hybridized carbons (Fsp3) is 0.286. The molecule has 0 spiro atoms. The van der Waals surface area contributed by atoms with Gasteiger partial charge in [-0.1, -0.05) is 55.8 Å². The van der Waals surface area contributed by atoms with E-state index in [1.807, 2.05) is 58.6 Å². The number of imide groups is 1. The van der Waals surface area contributed by atoms with Crippen molar-refractivity contribution in [1.29, 1.82) is 0 Å². The second-order valence-electron chi connectivity index (χ2n) is 8.46. The van der Waals surface area contributed by atoms with Crippen LogP contribution in [-0.4, -0.2) is 39.8 Å². The monoisotopic (exact) mass is 628 g/mol. The zero-order valence-corrected chi connectivity index (χ0v) is 24.5. The van der Waals surface area contributed by atoms with Gasteiger partial charge in [0.2, 0.25) is 0 Å². The number of halogens is 2. The Hall–Kier alpha value is -2.60. The maximum atomic E-state index is 11.5. The first-order valence-electron chi connectivity index (χ1n) is 11.8. The van der Waals surface area contributed by atoms with Crippen molar-refractivity contribution >= 4 is 33.1 Å². The van der Waals surface area contributed by atoms with Crippen LogP contribution in [0.5, 0.6) is 0 Å². The van der Waals surface area contributed by atoms with Crippen LogP contribution in [0.2, 0.25) is 0 Å². The van der Waals surface area contributed by atoms with E-state index >= 15 is 0 Å². The van der Waals surface area contributed by atoms with E-state index in [2.05, 4.69) is 64.7 Å². The third-order valence-electron chi connectivity index (χ3n) is 5.51. The van der Waals surface area contributed by atoms with E-state index in [9.17, 15) is 9.59 Å². The summed E-state index contributed by atoms with van der Waals surface area (Å²) in [5.41, 5.74) is 2.76. The number of aromatic nitrogens is 2. The van der Waals surface area contributed by atoms with Crippen molar-refractivity contribution in [2.24, 2.45) is 0 Å². The Kier molecular flexibility index (Phi) is 15.6. The van der Waals surface area contributed by atoms with E-state index in [-0.39, 0.29) is 24.2 Å². The third-order valence-corrected chi connectivity index (χ3v) is 5.51. The average molecular weight is 629 g/mol. The van der Waals surface area contributed by atoms with Gasteiger partial charge in [0.25, 0.3) is 11.8 Å². The van der Waals surface area contributed by atoms with Crippen LogP contribution >= 0.6 is 9.69 Å². The fourth-order valence-electron chi connectivity index (χ4n) is 3.52. The maximum absolute atomic E-state index is 11.5. The molecule has 0 fully saturated rings. The first-order chi connectivity index (χ1) is 17.5. The molecule has 0 bridgehead atoms. The molecule has 0 aliphatic carbocycles. The second kappa shape index (κ2) is 17.8. The summed E-state index contributed by atoms with van der Waals surface area (Å²) in [6.45, 7) is 7.68. The van der Waals surface area contributed by atoms with Crippen LogP contribution in [0.25, 0.3) is 0 Å². The van der Waals surface area contributed by atoms with Crippen LogP contribution in [0.4, 0.5) is 11.6 Å². The summed E-state index contributed by atoms with van der Waals surface area (Å²) >= 11 is 1.82. The number of carbonyl (C=O) groups is 2. The average Bonchev–Trinajstić information content (AvgIpc) is 3.23. The molecule has 4 rings (SSSR count). The molecule has 0 N–H and O–H groups in total. The van der Waals surface area contributed by atoms with Gasteiger partial charge in [-0.15, -0.1) is 0 Å². The van der Waals surface area contributed by atoms with E-state index in [0.29, 0.717) is 19.0 Å². The molecule has 1 aromatic carbocycles. The van der Waals surface area contributed by atoms with E-state index in [4.69, 9.17) is 0 Å². The molecule has 2 amide bonds. The zero-order valence-electron chi connectivity index (χ0n) is 21.2. The van der Waals surface area contributed by atoms with Gasteiger partial charge in [0.05, 0.1) is 0 Å². The Morgan fingerprint density at radius 1 is 0.838 bits per heavy atom. The Morgan fingerprint density at radius 2 is 1.35 bits per heavy atom. The van der Waals surface area contributed by atoms with Crippen LogP contribution < -0.4 is 17.3 Å². The van der Waals surface area contributed by atoms with Gasteiger partial charge in [-0.3, -0.25) is 14.5 Å². The van der Waals surface area contributed by atoms with Gasteiger partial charge in [-0.2, -0.15) is 0 Å². The summed E-state index contributed by atoms with van der Waals surface area (Å²) in [7, 11) is 4.57. The predicted octanol–water partition coefficient (Wildman–Crippen LogP) is 3.13. The number of carbonyl (C=O) groups excluding carboxylic acids is 2. The number of aryl methyl sites for hydroxylation is 1. The molecule has 0 radical (unpaired) electrons. The minimum absolute atomic E-state index is 0. The van der Waals surface area contributed by atoms with Gasteiger partial charge in [0.15, 0.2) is 0 Å². The molecule has 0 saturated heterocycles. The van der Waals surface area contributed by atoms with Crippen molar-refractivity contribution in [3.8, 4) is 0 Å². The van der Waals surface area contributed by atoms with Gasteiger partial charge in [-0.05, 0) is 55.5 Å². The van der Waals surface area contributed by atoms with Crippen LogP contribution in [0.3, 0.4) is 0 Å². The van der Waals surface area contributed by atoms with E-state index in [1.165, 1.54) is 28.2 Å². The Labute approximate surface area is 240 Å². The standard InChI is InChI=1S/C18H18N4O2.C10H14.2ClH.Ru/c23-17-9-10-18(24)22(17)14-6-5-13-21(15-7-1-3-11-19-15)16-8-2-4-12-20-16;1-8(2)10-6-4-9(3)5-7-10;;;/h1-4,7-12H,5-6,13-14H2;4-8H,1-3H3;2*1H;/q;;;;+2/p-2. The normalized spacial score (nSPS) is 11.8. The predicted molar refractivity (Wildman–Crippen MR) is 142 cm³/mol. The molecule has 6 nitrogen and oxygen atoms in total. The van der Waals surface area contributed by atoms with Crippen molar-refractivity contribution in [2.45, 2.75) is 39.5 Å². The van der Waals surface area contributed by atoms with Gasteiger partial charge in [0.1, 0.15) is 11.6 Å². The summed E-state index contributed by atoms with van der Waals surface area (Å²) in [4.78, 5) is 35.2. The van der Waals surface area contributed by atoms with Gasteiger partial charge in [-0.25, -0.2) is 9.97 Å². The molecule has 9 heteroatoms. The van der Waals surface area contributed by atoms with Crippen LogP contribution in [0, 0.1) is 6.92 Å². The van der Waals surface area contributed by atoms with Crippen LogP contribution in [0.1, 0.15) is 43.7 Å². The van der Waals surface area contributed by atoms with Crippen LogP contribution in [0.15, 0.2) is 85.2 Å². The molecular weight excluding hydrogens is 596 g/mol. The number of nitrogens with zero attached hydrogens (tertiary/aromatic N) is 4. The molecule has 1 aliphatic heterocycles. The summed E-state index contributed by atoms with van der Waals surface area (Å²) in [5.74, 6) is 1.84. The molecular formula is C28H32Cl2N4O2Ru. The first-order valence-corrected chi connectivity index (χ1v) is 14.0. The number of hydrogen-bond donors (Lipinski definition) is 0. The summed E-state index contributed by atoms with van der Waals surface area (Å²) < 4.78 is 0. The van der Waals surface area contributed by atoms with E-state index in [0.717, 1.165) is 24.5 Å². The zero-order chi connectivity index (χ0) is 26.3. The molecule has 37 heavy (non-hydrogen) atoms. The summed E-state index contributed by atoms with van der Waals surface area (Å²) in [6.07, 6.45) is 7.67. The fourth-order valence-corrected chi connectivity index (χ4v) is 3.52. The Bertz CT molecular complexity index is 1040. The van der Waals surface area contributed by atoms with Crippen molar-refractivity contribution in [3.05, 3.63) is 96.3 Å². The second-order valence-corrected chi connectivity index (χ2v) is 8.46. The number of anilines is 2. The topological polar surface area (TPSA) is 66.4 Å². The first kappa shape index (κ1) is 32.4. The number of pyridine rings is 2. The Morgan fingerprint density at radius 3 is 1.78 bits per heavy atom. The number of amides is 2. The number of hydrogen-bond acceptors (Lipinski definition) is 5. The molecule has 0 atom stereocenters. The Balaban J connectivity index is 0.000000444. The van der Waals surface area contributed by atoms with Crippen molar-refractivity contribution in [2.75, 3.05) is 18.0 Å². The number of unbranched alkanes of at least 4 members (excludes halogenated alkanes) is 1. The van der Waals surface area contributed by atoms with Gasteiger partial charge >= 0.3 is 27.0 Å². The molecule has 3 aromatic rings. The molecule has 2 aromatic heterocycles. The van der Waals surface area contributed by atoms with Crippen LogP contribution in [-0.2, 0) is 26.9 Å². The van der Waals surface area contributed by atoms with Crippen molar-refractivity contribution in [1.82, 2.24) is 14.9 Å². The van der Waals surface area contributed by atoms with E-state index in [1.54, 1.807) is 12.4 Å². The summed E-state index contributed by atoms with van der Waals surface area (Å²) in [6, 6.07) is 20.2. The van der Waals surface area contributed by atoms with Gasteiger partial charge < -0.3 is 17.3 Å². The summed E-state index contributed by atoms with van der Waals surface area (Å²) in [5, 5.41) is 0. The third kappa shape index (κ3) is 10.7.